The first-order valence-corrected chi connectivity index (χ1v) is 7.33. The van der Waals surface area contributed by atoms with Crippen LogP contribution in [-0.2, 0) is 11.3 Å². The number of amides is 1. The fourth-order valence-corrected chi connectivity index (χ4v) is 2.11. The van der Waals surface area contributed by atoms with E-state index in [0.29, 0.717) is 4.68 Å². The fraction of sp³-hybridized carbons (Fsp3) is 0.214. The average Bonchev–Trinajstić information content (AvgIpc) is 3.03. The molecule has 0 saturated carbocycles. The molecule has 1 aromatic carbocycles. The number of rotatable bonds is 5. The minimum atomic E-state index is -4.83. The summed E-state index contributed by atoms with van der Waals surface area (Å²) in [6.07, 6.45) is -3.84. The number of hydrogen-bond acceptors (Lipinski definition) is 6. The third kappa shape index (κ3) is 4.25. The molecule has 13 heteroatoms. The summed E-state index contributed by atoms with van der Waals surface area (Å²) in [5, 5.41) is 9.57. The highest BCUT2D eigenvalue weighted by atomic mass is 19.4. The number of halogens is 4. The molecule has 9 nitrogen and oxygen atoms in total. The van der Waals surface area contributed by atoms with Crippen LogP contribution in [0.1, 0.15) is 10.5 Å². The third-order valence-electron chi connectivity index (χ3n) is 3.30. The van der Waals surface area contributed by atoms with Gasteiger partial charge in [-0.25, -0.2) is 18.6 Å². The number of hydrogen-bond donors (Lipinski definition) is 1. The standard InChI is InChI=1S/C14H10F4N6O3/c15-8-1-3-9(4-2-8)20-12(25)10-11-21-22-24(5-6-27-14(16,17)18)13(26)23(11)7-19-10/h1-4,7H,5-6H2,(H,20,25). The van der Waals surface area contributed by atoms with Gasteiger partial charge in [0.15, 0.2) is 11.3 Å². The molecule has 0 spiro atoms. The van der Waals surface area contributed by atoms with Crippen molar-refractivity contribution < 1.29 is 27.1 Å². The Bertz CT molecular complexity index is 1030. The van der Waals surface area contributed by atoms with E-state index < -0.39 is 36.9 Å². The van der Waals surface area contributed by atoms with E-state index in [1.54, 1.807) is 0 Å². The number of alkyl halides is 3. The van der Waals surface area contributed by atoms with E-state index in [1.807, 2.05) is 0 Å². The fourth-order valence-electron chi connectivity index (χ4n) is 2.11. The van der Waals surface area contributed by atoms with Crippen molar-refractivity contribution in [1.82, 2.24) is 24.4 Å². The molecule has 27 heavy (non-hydrogen) atoms. The van der Waals surface area contributed by atoms with E-state index >= 15 is 0 Å². The van der Waals surface area contributed by atoms with Crippen LogP contribution < -0.4 is 11.0 Å². The van der Waals surface area contributed by atoms with Crippen LogP contribution in [0, 0.1) is 5.82 Å². The number of benzene rings is 1. The van der Waals surface area contributed by atoms with E-state index in [2.05, 4.69) is 25.3 Å². The zero-order valence-corrected chi connectivity index (χ0v) is 13.3. The maximum atomic E-state index is 12.9. The lowest BCUT2D eigenvalue weighted by molar-refractivity contribution is -0.325. The highest BCUT2D eigenvalue weighted by Gasteiger charge is 2.29. The van der Waals surface area contributed by atoms with Gasteiger partial charge in [0.25, 0.3) is 5.91 Å². The second kappa shape index (κ2) is 7.11. The van der Waals surface area contributed by atoms with Crippen LogP contribution in [0.2, 0.25) is 0 Å². The summed E-state index contributed by atoms with van der Waals surface area (Å²) in [5.41, 5.74) is -0.984. The van der Waals surface area contributed by atoms with Crippen LogP contribution in [-0.4, -0.2) is 43.3 Å². The highest BCUT2D eigenvalue weighted by Crippen LogP contribution is 2.15. The zero-order chi connectivity index (χ0) is 19.6. The van der Waals surface area contributed by atoms with Crippen molar-refractivity contribution in [1.29, 1.82) is 0 Å². The molecule has 142 valence electrons. The molecule has 1 amide bonds. The van der Waals surface area contributed by atoms with Crippen LogP contribution >= 0.6 is 0 Å². The molecule has 0 fully saturated rings. The van der Waals surface area contributed by atoms with Crippen molar-refractivity contribution in [2.24, 2.45) is 0 Å². The average molecular weight is 386 g/mol. The number of nitrogens with zero attached hydrogens (tertiary/aromatic N) is 5. The normalized spacial score (nSPS) is 11.7. The number of imidazole rings is 1. The van der Waals surface area contributed by atoms with Crippen LogP contribution in [0.15, 0.2) is 35.4 Å². The molecule has 0 radical (unpaired) electrons. The number of ether oxygens (including phenoxy) is 1. The molecule has 2 aromatic heterocycles. The van der Waals surface area contributed by atoms with Gasteiger partial charge in [-0.15, -0.1) is 18.3 Å². The van der Waals surface area contributed by atoms with E-state index in [0.717, 1.165) is 22.9 Å². The van der Waals surface area contributed by atoms with Gasteiger partial charge in [0.1, 0.15) is 12.1 Å². The Morgan fingerprint density at radius 3 is 2.59 bits per heavy atom. The van der Waals surface area contributed by atoms with Crippen molar-refractivity contribution in [2.45, 2.75) is 12.9 Å². The van der Waals surface area contributed by atoms with Crippen LogP contribution in [0.4, 0.5) is 23.2 Å². The van der Waals surface area contributed by atoms with E-state index in [-0.39, 0.29) is 17.0 Å². The van der Waals surface area contributed by atoms with Crippen molar-refractivity contribution in [3.05, 3.63) is 52.6 Å². The Morgan fingerprint density at radius 1 is 1.22 bits per heavy atom. The summed E-state index contributed by atoms with van der Waals surface area (Å²) < 4.78 is 53.9. The topological polar surface area (TPSA) is 103 Å². The quantitative estimate of drug-likeness (QED) is 0.662. The molecule has 3 rings (SSSR count). The summed E-state index contributed by atoms with van der Waals surface area (Å²) in [7, 11) is 0. The molecule has 0 atom stereocenters. The number of carbonyl (C=O) groups excluding carboxylic acids is 1. The van der Waals surface area contributed by atoms with E-state index in [9.17, 15) is 27.2 Å². The van der Waals surface area contributed by atoms with E-state index in [1.165, 1.54) is 12.1 Å². The van der Waals surface area contributed by atoms with E-state index in [4.69, 9.17) is 0 Å². The number of carbonyl (C=O) groups is 1. The Balaban J connectivity index is 1.80. The lowest BCUT2D eigenvalue weighted by Gasteiger charge is -2.07. The molecule has 2 heterocycles. The smallest absolute Gasteiger partial charge is 0.321 e. The maximum Gasteiger partial charge on any atom is 0.522 e. The first-order valence-electron chi connectivity index (χ1n) is 7.33. The van der Waals surface area contributed by atoms with Crippen molar-refractivity contribution >= 4 is 17.2 Å². The summed E-state index contributed by atoms with van der Waals surface area (Å²) >= 11 is 0. The van der Waals surface area contributed by atoms with Crippen molar-refractivity contribution in [2.75, 3.05) is 11.9 Å². The number of aromatic nitrogens is 5. The minimum Gasteiger partial charge on any atom is -0.321 e. The summed E-state index contributed by atoms with van der Waals surface area (Å²) in [6.45, 7) is -1.34. The first-order chi connectivity index (χ1) is 12.7. The molecular formula is C14H10F4N6O3. The van der Waals surface area contributed by atoms with Gasteiger partial charge >= 0.3 is 12.1 Å². The Kier molecular flexibility index (Phi) is 4.85. The number of nitrogens with one attached hydrogen (secondary N) is 1. The summed E-state index contributed by atoms with van der Waals surface area (Å²) in [4.78, 5) is 28.2. The van der Waals surface area contributed by atoms with Crippen LogP contribution in [0.3, 0.4) is 0 Å². The Hall–Kier alpha value is -3.35. The Labute approximate surface area is 147 Å². The SMILES string of the molecule is O=C(Nc1ccc(F)cc1)c1ncn2c(=O)n(CCOC(F)(F)F)nnc12. The summed E-state index contributed by atoms with van der Waals surface area (Å²) in [5.74, 6) is -1.21. The lowest BCUT2D eigenvalue weighted by atomic mass is 10.3. The largest absolute Gasteiger partial charge is 0.522 e. The molecule has 0 aliphatic carbocycles. The van der Waals surface area contributed by atoms with Crippen molar-refractivity contribution in [3.8, 4) is 0 Å². The Morgan fingerprint density at radius 2 is 1.93 bits per heavy atom. The molecule has 3 aromatic rings. The van der Waals surface area contributed by atoms with Gasteiger partial charge in [0, 0.05) is 5.69 Å². The third-order valence-corrected chi connectivity index (χ3v) is 3.30. The molecule has 0 saturated heterocycles. The lowest BCUT2D eigenvalue weighted by Crippen LogP contribution is -2.32. The monoisotopic (exact) mass is 386 g/mol. The van der Waals surface area contributed by atoms with Gasteiger partial charge in [-0.05, 0) is 24.3 Å². The maximum absolute atomic E-state index is 12.9. The number of fused-ring (bicyclic) bond motifs is 1. The zero-order valence-electron chi connectivity index (χ0n) is 13.3. The molecule has 0 aliphatic rings. The second-order valence-electron chi connectivity index (χ2n) is 5.14. The van der Waals surface area contributed by atoms with Crippen LogP contribution in [0.5, 0.6) is 0 Å². The minimum absolute atomic E-state index is 0.187. The number of anilines is 1. The van der Waals surface area contributed by atoms with Gasteiger partial charge in [0.2, 0.25) is 0 Å². The molecule has 0 aliphatic heterocycles. The highest BCUT2D eigenvalue weighted by molar-refractivity contribution is 6.06. The predicted molar refractivity (Wildman–Crippen MR) is 81.4 cm³/mol. The van der Waals surface area contributed by atoms with Gasteiger partial charge in [-0.2, -0.15) is 4.68 Å². The molecule has 0 unspecified atom stereocenters. The van der Waals surface area contributed by atoms with Crippen LogP contribution in [0.25, 0.3) is 5.65 Å². The summed E-state index contributed by atoms with van der Waals surface area (Å²) in [6, 6.07) is 4.93. The van der Waals surface area contributed by atoms with Gasteiger partial charge in [0.05, 0.1) is 13.2 Å². The van der Waals surface area contributed by atoms with Gasteiger partial charge in [-0.1, -0.05) is 5.21 Å². The van der Waals surface area contributed by atoms with Gasteiger partial charge < -0.3 is 5.32 Å². The predicted octanol–water partition coefficient (Wildman–Crippen LogP) is 1.21. The van der Waals surface area contributed by atoms with Gasteiger partial charge in [-0.3, -0.25) is 9.53 Å². The molecular weight excluding hydrogens is 376 g/mol. The molecule has 1 N–H and O–H groups in total. The molecule has 0 bridgehead atoms. The second-order valence-corrected chi connectivity index (χ2v) is 5.14. The first kappa shape index (κ1) is 18.4. The van der Waals surface area contributed by atoms with Crippen molar-refractivity contribution in [3.63, 3.8) is 0 Å².